The lowest BCUT2D eigenvalue weighted by atomic mass is 10.1. The minimum absolute atomic E-state index is 0.00452. The molecule has 0 atom stereocenters. The van der Waals surface area contributed by atoms with Crippen molar-refractivity contribution in [1.82, 2.24) is 10.1 Å². The molecule has 0 N–H and O–H groups in total. The summed E-state index contributed by atoms with van der Waals surface area (Å²) < 4.78 is 10.3. The third-order valence-electron chi connectivity index (χ3n) is 4.50. The Morgan fingerprint density at radius 1 is 1.21 bits per heavy atom. The van der Waals surface area contributed by atoms with Crippen molar-refractivity contribution in [3.8, 4) is 5.88 Å². The van der Waals surface area contributed by atoms with E-state index in [9.17, 15) is 4.79 Å². The highest BCUT2D eigenvalue weighted by atomic mass is 16.5. The maximum atomic E-state index is 12.3. The molecule has 1 fully saturated rings. The van der Waals surface area contributed by atoms with E-state index in [2.05, 4.69) is 42.1 Å². The molecule has 1 aliphatic heterocycles. The number of aromatic nitrogens is 1. The molecule has 0 unspecified atom stereocenters. The van der Waals surface area contributed by atoms with Gasteiger partial charge in [-0.15, -0.1) is 0 Å². The minimum Gasteiger partial charge on any atom is -0.465 e. The van der Waals surface area contributed by atoms with E-state index in [0.717, 1.165) is 13.1 Å². The van der Waals surface area contributed by atoms with Crippen LogP contribution in [0.2, 0.25) is 0 Å². The first kappa shape index (κ1) is 16.4. The van der Waals surface area contributed by atoms with Gasteiger partial charge < -0.3 is 19.1 Å². The van der Waals surface area contributed by atoms with Crippen molar-refractivity contribution in [3.63, 3.8) is 0 Å². The van der Waals surface area contributed by atoms with E-state index in [1.54, 1.807) is 13.0 Å². The lowest BCUT2D eigenvalue weighted by Gasteiger charge is -2.37. The van der Waals surface area contributed by atoms with Crippen LogP contribution in [-0.4, -0.2) is 48.7 Å². The van der Waals surface area contributed by atoms with E-state index in [1.165, 1.54) is 16.8 Å². The number of rotatable bonds is 4. The SMILES string of the molecule is Cc1cc(OCC(=O)N2CCN(c3cccc(C)c3C)CC2)no1. The average molecular weight is 329 g/mol. The third-order valence-corrected chi connectivity index (χ3v) is 4.50. The highest BCUT2D eigenvalue weighted by Crippen LogP contribution is 2.23. The summed E-state index contributed by atoms with van der Waals surface area (Å²) in [5.41, 5.74) is 3.86. The number of anilines is 1. The highest BCUT2D eigenvalue weighted by Gasteiger charge is 2.22. The van der Waals surface area contributed by atoms with Gasteiger partial charge >= 0.3 is 0 Å². The number of benzene rings is 1. The number of hydrogen-bond acceptors (Lipinski definition) is 5. The van der Waals surface area contributed by atoms with Gasteiger partial charge in [-0.3, -0.25) is 4.79 Å². The van der Waals surface area contributed by atoms with Crippen LogP contribution in [-0.2, 0) is 4.79 Å². The Labute approximate surface area is 142 Å². The predicted molar refractivity (Wildman–Crippen MR) is 91.4 cm³/mol. The number of carbonyl (C=O) groups excluding carboxylic acids is 1. The second-order valence-electron chi connectivity index (χ2n) is 6.15. The maximum absolute atomic E-state index is 12.3. The molecule has 0 bridgehead atoms. The summed E-state index contributed by atoms with van der Waals surface area (Å²) in [6.07, 6.45) is 0. The molecule has 0 radical (unpaired) electrons. The first-order valence-electron chi connectivity index (χ1n) is 8.19. The van der Waals surface area contributed by atoms with Gasteiger partial charge in [-0.05, 0) is 43.1 Å². The van der Waals surface area contributed by atoms with Crippen molar-refractivity contribution < 1.29 is 14.1 Å². The van der Waals surface area contributed by atoms with Crippen LogP contribution in [0.15, 0.2) is 28.8 Å². The van der Waals surface area contributed by atoms with E-state index in [-0.39, 0.29) is 12.5 Å². The second kappa shape index (κ2) is 6.95. The summed E-state index contributed by atoms with van der Waals surface area (Å²) >= 11 is 0. The number of aryl methyl sites for hydroxylation is 2. The predicted octanol–water partition coefficient (Wildman–Crippen LogP) is 2.33. The summed E-state index contributed by atoms with van der Waals surface area (Å²) in [5.74, 6) is 1.01. The molecule has 128 valence electrons. The Balaban J connectivity index is 1.53. The van der Waals surface area contributed by atoms with E-state index in [0.29, 0.717) is 24.7 Å². The number of ether oxygens (including phenoxy) is 1. The van der Waals surface area contributed by atoms with Crippen LogP contribution in [0.25, 0.3) is 0 Å². The first-order chi connectivity index (χ1) is 11.5. The lowest BCUT2D eigenvalue weighted by molar-refractivity contribution is -0.133. The maximum Gasteiger partial charge on any atom is 0.260 e. The molecule has 0 spiro atoms. The fourth-order valence-electron chi connectivity index (χ4n) is 2.91. The molecular weight excluding hydrogens is 306 g/mol. The smallest absolute Gasteiger partial charge is 0.260 e. The molecule has 24 heavy (non-hydrogen) atoms. The van der Waals surface area contributed by atoms with Crippen LogP contribution in [0.5, 0.6) is 5.88 Å². The van der Waals surface area contributed by atoms with Crippen LogP contribution in [0, 0.1) is 20.8 Å². The molecule has 6 heteroatoms. The number of amides is 1. The highest BCUT2D eigenvalue weighted by molar-refractivity contribution is 5.78. The molecule has 1 amide bonds. The van der Waals surface area contributed by atoms with Crippen molar-refractivity contribution in [2.24, 2.45) is 0 Å². The number of nitrogens with zero attached hydrogens (tertiary/aromatic N) is 3. The Morgan fingerprint density at radius 3 is 2.62 bits per heavy atom. The largest absolute Gasteiger partial charge is 0.465 e. The van der Waals surface area contributed by atoms with Crippen LogP contribution in [0.3, 0.4) is 0 Å². The molecule has 1 saturated heterocycles. The van der Waals surface area contributed by atoms with Crippen LogP contribution >= 0.6 is 0 Å². The van der Waals surface area contributed by atoms with Gasteiger partial charge in [0.1, 0.15) is 5.76 Å². The molecule has 2 heterocycles. The van der Waals surface area contributed by atoms with E-state index in [4.69, 9.17) is 9.26 Å². The van der Waals surface area contributed by atoms with Gasteiger partial charge in [-0.2, -0.15) is 0 Å². The molecule has 0 aliphatic carbocycles. The first-order valence-corrected chi connectivity index (χ1v) is 8.19. The van der Waals surface area contributed by atoms with Crippen molar-refractivity contribution in [1.29, 1.82) is 0 Å². The van der Waals surface area contributed by atoms with Crippen LogP contribution < -0.4 is 9.64 Å². The monoisotopic (exact) mass is 329 g/mol. The summed E-state index contributed by atoms with van der Waals surface area (Å²) in [6.45, 7) is 9.13. The molecule has 1 aromatic heterocycles. The molecular formula is C18H23N3O3. The Kier molecular flexibility index (Phi) is 4.74. The van der Waals surface area contributed by atoms with Crippen molar-refractivity contribution in [3.05, 3.63) is 41.2 Å². The standard InChI is InChI=1S/C18H23N3O3/c1-13-5-4-6-16(15(13)3)20-7-9-21(10-8-20)18(22)12-23-17-11-14(2)24-19-17/h4-6,11H,7-10,12H2,1-3H3. The second-order valence-corrected chi connectivity index (χ2v) is 6.15. The molecule has 1 aromatic carbocycles. The normalized spacial score (nSPS) is 14.8. The summed E-state index contributed by atoms with van der Waals surface area (Å²) in [5, 5.41) is 3.73. The lowest BCUT2D eigenvalue weighted by Crippen LogP contribution is -2.50. The summed E-state index contributed by atoms with van der Waals surface area (Å²) in [7, 11) is 0. The topological polar surface area (TPSA) is 58.8 Å². The fourth-order valence-corrected chi connectivity index (χ4v) is 2.91. The molecule has 2 aromatic rings. The zero-order valence-electron chi connectivity index (χ0n) is 14.4. The Hall–Kier alpha value is -2.50. The van der Waals surface area contributed by atoms with Crippen molar-refractivity contribution in [2.45, 2.75) is 20.8 Å². The molecule has 6 nitrogen and oxygen atoms in total. The van der Waals surface area contributed by atoms with Gasteiger partial charge in [0.2, 0.25) is 0 Å². The quantitative estimate of drug-likeness (QED) is 0.861. The van der Waals surface area contributed by atoms with Crippen LogP contribution in [0.1, 0.15) is 16.9 Å². The fraction of sp³-hybridized carbons (Fsp3) is 0.444. The van der Waals surface area contributed by atoms with Crippen LogP contribution in [0.4, 0.5) is 5.69 Å². The molecule has 0 saturated carbocycles. The summed E-state index contributed by atoms with van der Waals surface area (Å²) in [6, 6.07) is 8.03. The van der Waals surface area contributed by atoms with Gasteiger partial charge in [0.25, 0.3) is 11.8 Å². The van der Waals surface area contributed by atoms with Gasteiger partial charge in [0.15, 0.2) is 6.61 Å². The van der Waals surface area contributed by atoms with Crippen molar-refractivity contribution >= 4 is 11.6 Å². The number of hydrogen-bond donors (Lipinski definition) is 0. The Bertz CT molecular complexity index is 718. The van der Waals surface area contributed by atoms with Gasteiger partial charge in [0.05, 0.1) is 0 Å². The molecule has 1 aliphatic rings. The average Bonchev–Trinajstić information content (AvgIpc) is 3.01. The van der Waals surface area contributed by atoms with E-state index < -0.39 is 0 Å². The zero-order valence-corrected chi connectivity index (χ0v) is 14.4. The Morgan fingerprint density at radius 2 is 1.96 bits per heavy atom. The number of piperazine rings is 1. The van der Waals surface area contributed by atoms with Gasteiger partial charge in [-0.1, -0.05) is 12.1 Å². The van der Waals surface area contributed by atoms with E-state index in [1.807, 2.05) is 4.90 Å². The number of carbonyl (C=O) groups is 1. The summed E-state index contributed by atoms with van der Waals surface area (Å²) in [4.78, 5) is 16.4. The van der Waals surface area contributed by atoms with Gasteiger partial charge in [0, 0.05) is 37.9 Å². The van der Waals surface area contributed by atoms with Crippen molar-refractivity contribution in [2.75, 3.05) is 37.7 Å². The molecule has 3 rings (SSSR count). The van der Waals surface area contributed by atoms with E-state index >= 15 is 0 Å². The van der Waals surface area contributed by atoms with Gasteiger partial charge in [-0.25, -0.2) is 0 Å². The zero-order chi connectivity index (χ0) is 17.1. The third kappa shape index (κ3) is 3.53. The minimum atomic E-state index is -0.0173.